The number of hydrogen-bond donors (Lipinski definition) is 3. The van der Waals surface area contributed by atoms with E-state index in [0.29, 0.717) is 19.3 Å². The van der Waals surface area contributed by atoms with Crippen LogP contribution in [0.1, 0.15) is 342 Å². The molecule has 0 aromatic heterocycles. The zero-order valence-electron chi connectivity index (χ0n) is 52.6. The molecule has 6 atom stereocenters. The van der Waals surface area contributed by atoms with Crippen molar-refractivity contribution in [2.75, 3.05) is 13.2 Å². The van der Waals surface area contributed by atoms with Crippen molar-refractivity contribution in [3.05, 3.63) is 24.3 Å². The third-order valence-corrected chi connectivity index (χ3v) is 16.0. The number of carboxylic acid groups (broad SMARTS) is 1. The molecular formula is C69H126O12. The third kappa shape index (κ3) is 47.2. The Morgan fingerprint density at radius 3 is 1.14 bits per heavy atom. The van der Waals surface area contributed by atoms with Crippen LogP contribution < -0.4 is 0 Å². The number of hydrogen-bond acceptors (Lipinski definition) is 11. The lowest BCUT2D eigenvalue weighted by atomic mass is 9.98. The van der Waals surface area contributed by atoms with Crippen LogP contribution in [-0.2, 0) is 42.9 Å². The Hall–Kier alpha value is -2.80. The lowest BCUT2D eigenvalue weighted by molar-refractivity contribution is -0.301. The van der Waals surface area contributed by atoms with Crippen LogP contribution in [0.3, 0.4) is 0 Å². The normalized spacial score (nSPS) is 17.8. The van der Waals surface area contributed by atoms with E-state index in [-0.39, 0.29) is 25.9 Å². The van der Waals surface area contributed by atoms with Crippen LogP contribution in [-0.4, -0.2) is 89.2 Å². The molecule has 0 spiro atoms. The van der Waals surface area contributed by atoms with E-state index < -0.39 is 67.3 Å². The van der Waals surface area contributed by atoms with E-state index in [0.717, 1.165) is 70.6 Å². The van der Waals surface area contributed by atoms with Gasteiger partial charge in [0.25, 0.3) is 0 Å². The van der Waals surface area contributed by atoms with Crippen molar-refractivity contribution in [1.29, 1.82) is 0 Å². The topological polar surface area (TPSA) is 175 Å². The van der Waals surface area contributed by atoms with E-state index in [1.165, 1.54) is 212 Å². The maximum atomic E-state index is 13.2. The molecule has 0 radical (unpaired) electrons. The van der Waals surface area contributed by atoms with E-state index in [9.17, 15) is 34.5 Å². The van der Waals surface area contributed by atoms with Crippen LogP contribution in [0, 0.1) is 0 Å². The minimum Gasteiger partial charge on any atom is -0.479 e. The number of unbranched alkanes of at least 4 members (excludes halogenated alkanes) is 42. The molecule has 12 nitrogen and oxygen atoms in total. The van der Waals surface area contributed by atoms with Gasteiger partial charge in [-0.1, -0.05) is 295 Å². The van der Waals surface area contributed by atoms with Gasteiger partial charge in [0.1, 0.15) is 18.8 Å². The van der Waals surface area contributed by atoms with Crippen LogP contribution in [0.15, 0.2) is 24.3 Å². The smallest absolute Gasteiger partial charge is 0.335 e. The number of esters is 3. The quantitative estimate of drug-likeness (QED) is 0.0228. The molecule has 1 aliphatic heterocycles. The molecular weight excluding hydrogens is 1020 g/mol. The molecule has 12 heteroatoms. The standard InChI is InChI=1S/C69H126O12/c1-4-7-10-13-16-19-22-25-27-29-31-33-35-38-40-43-46-49-52-55-61(70)77-58-60(79-62(71)56-53-50-47-44-42-39-36-34-32-30-28-26-23-20-17-14-11-8-5-2)59-78-69-67(65(74)64(73)66(81-69)68(75)76)80-63(72)57-54-51-48-45-41-37-24-21-18-15-12-9-6-3/h16,19,25,27,60,64-67,69,73-74H,4-15,17-18,20-24,26,28-59H2,1-3H3,(H,75,76)/b19-16-,27-25-. The van der Waals surface area contributed by atoms with Crippen LogP contribution in [0.5, 0.6) is 0 Å². The van der Waals surface area contributed by atoms with Gasteiger partial charge in [-0.25, -0.2) is 4.79 Å². The van der Waals surface area contributed by atoms with E-state index in [1.807, 2.05) is 0 Å². The van der Waals surface area contributed by atoms with E-state index in [2.05, 4.69) is 45.1 Å². The average molecular weight is 1150 g/mol. The van der Waals surface area contributed by atoms with E-state index in [1.54, 1.807) is 0 Å². The molecule has 474 valence electrons. The predicted octanol–water partition coefficient (Wildman–Crippen LogP) is 18.6. The number of ether oxygens (including phenoxy) is 5. The molecule has 0 saturated carbocycles. The molecule has 3 N–H and O–H groups in total. The number of rotatable bonds is 60. The highest BCUT2D eigenvalue weighted by Gasteiger charge is 2.50. The van der Waals surface area contributed by atoms with Crippen molar-refractivity contribution < 1.29 is 58.2 Å². The molecule has 1 fully saturated rings. The first-order valence-corrected chi connectivity index (χ1v) is 34.3. The highest BCUT2D eigenvalue weighted by molar-refractivity contribution is 5.74. The van der Waals surface area contributed by atoms with Crippen LogP contribution >= 0.6 is 0 Å². The maximum absolute atomic E-state index is 13.2. The predicted molar refractivity (Wildman–Crippen MR) is 331 cm³/mol. The Morgan fingerprint density at radius 2 is 0.741 bits per heavy atom. The number of carbonyl (C=O) groups excluding carboxylic acids is 3. The lowest BCUT2D eigenvalue weighted by Crippen LogP contribution is -2.61. The maximum Gasteiger partial charge on any atom is 0.335 e. The first-order valence-electron chi connectivity index (χ1n) is 34.3. The highest BCUT2D eigenvalue weighted by Crippen LogP contribution is 2.27. The van der Waals surface area contributed by atoms with Crippen LogP contribution in [0.2, 0.25) is 0 Å². The van der Waals surface area contributed by atoms with Crippen molar-refractivity contribution in [2.24, 2.45) is 0 Å². The Balaban J connectivity index is 2.61. The second-order valence-corrected chi connectivity index (χ2v) is 23.8. The Kier molecular flexibility index (Phi) is 54.2. The Morgan fingerprint density at radius 1 is 0.407 bits per heavy atom. The molecule has 1 saturated heterocycles. The minimum atomic E-state index is -1.90. The van der Waals surface area contributed by atoms with Gasteiger partial charge in [0.05, 0.1) is 6.61 Å². The summed E-state index contributed by atoms with van der Waals surface area (Å²) in [5.41, 5.74) is 0. The first-order chi connectivity index (χ1) is 39.6. The summed E-state index contributed by atoms with van der Waals surface area (Å²) in [5.74, 6) is -3.08. The Labute approximate surface area is 496 Å². The van der Waals surface area contributed by atoms with Gasteiger partial charge in [-0.3, -0.25) is 14.4 Å². The summed E-state index contributed by atoms with van der Waals surface area (Å²) in [7, 11) is 0. The van der Waals surface area contributed by atoms with E-state index in [4.69, 9.17) is 23.7 Å². The number of aliphatic hydroxyl groups is 2. The summed E-state index contributed by atoms with van der Waals surface area (Å²) in [5, 5.41) is 31.6. The number of carbonyl (C=O) groups is 4. The van der Waals surface area contributed by atoms with Gasteiger partial charge < -0.3 is 39.0 Å². The largest absolute Gasteiger partial charge is 0.479 e. The molecule has 0 bridgehead atoms. The SMILES string of the molecule is CCCCC/C=C\C/C=C\CCCCCCCCCCCC(=O)OCC(COC1OC(C(=O)O)C(O)C(O)C1OC(=O)CCCCCCCCCCCCCCC)OC(=O)CCCCCCCCCCCCCCCCCCCCC. The monoisotopic (exact) mass is 1150 g/mol. The fraction of sp³-hybridized carbons (Fsp3) is 0.884. The van der Waals surface area contributed by atoms with Gasteiger partial charge in [0.15, 0.2) is 24.6 Å². The van der Waals surface area contributed by atoms with Crippen molar-refractivity contribution in [2.45, 2.75) is 379 Å². The third-order valence-electron chi connectivity index (χ3n) is 16.0. The number of aliphatic hydroxyl groups excluding tert-OH is 2. The zero-order chi connectivity index (χ0) is 58.9. The summed E-state index contributed by atoms with van der Waals surface area (Å²) >= 11 is 0. The number of aliphatic carboxylic acids is 1. The highest BCUT2D eigenvalue weighted by atomic mass is 16.7. The van der Waals surface area contributed by atoms with Crippen molar-refractivity contribution in [1.82, 2.24) is 0 Å². The fourth-order valence-corrected chi connectivity index (χ4v) is 10.8. The zero-order valence-corrected chi connectivity index (χ0v) is 52.6. The summed E-state index contributed by atoms with van der Waals surface area (Å²) < 4.78 is 28.6. The molecule has 0 aromatic carbocycles. The molecule has 1 rings (SSSR count). The van der Waals surface area contributed by atoms with Gasteiger partial charge in [-0.05, 0) is 51.4 Å². The summed E-state index contributed by atoms with van der Waals surface area (Å²) in [6.45, 7) is 6.03. The summed E-state index contributed by atoms with van der Waals surface area (Å²) in [6, 6.07) is 0. The minimum absolute atomic E-state index is 0.0675. The molecule has 6 unspecified atom stereocenters. The van der Waals surface area contributed by atoms with Gasteiger partial charge >= 0.3 is 23.9 Å². The van der Waals surface area contributed by atoms with Crippen molar-refractivity contribution in [3.63, 3.8) is 0 Å². The molecule has 0 aliphatic carbocycles. The van der Waals surface area contributed by atoms with Crippen LogP contribution in [0.25, 0.3) is 0 Å². The Bertz CT molecular complexity index is 1500. The molecule has 1 heterocycles. The fourth-order valence-electron chi connectivity index (χ4n) is 10.8. The molecule has 0 aromatic rings. The molecule has 81 heavy (non-hydrogen) atoms. The van der Waals surface area contributed by atoms with Gasteiger partial charge in [0, 0.05) is 19.3 Å². The van der Waals surface area contributed by atoms with Gasteiger partial charge in [-0.2, -0.15) is 0 Å². The second kappa shape index (κ2) is 57.6. The second-order valence-electron chi connectivity index (χ2n) is 23.8. The van der Waals surface area contributed by atoms with Gasteiger partial charge in [-0.15, -0.1) is 0 Å². The summed E-state index contributed by atoms with van der Waals surface area (Å²) in [4.78, 5) is 51.4. The lowest BCUT2D eigenvalue weighted by Gasteiger charge is -2.40. The van der Waals surface area contributed by atoms with E-state index >= 15 is 0 Å². The molecule has 0 amide bonds. The van der Waals surface area contributed by atoms with Crippen molar-refractivity contribution in [3.8, 4) is 0 Å². The van der Waals surface area contributed by atoms with Gasteiger partial charge in [0.2, 0.25) is 0 Å². The van der Waals surface area contributed by atoms with Crippen molar-refractivity contribution >= 4 is 23.9 Å². The average Bonchev–Trinajstić information content (AvgIpc) is 3.46. The first kappa shape index (κ1) is 76.2. The summed E-state index contributed by atoms with van der Waals surface area (Å²) in [6.07, 6.45) is 55.6. The number of carboxylic acids is 1. The number of allylic oxidation sites excluding steroid dienone is 4. The molecule has 1 aliphatic rings. The van der Waals surface area contributed by atoms with Crippen LogP contribution in [0.4, 0.5) is 0 Å².